The average molecular weight is 305 g/mol. The minimum absolute atomic E-state index is 0.142. The van der Waals surface area contributed by atoms with Gasteiger partial charge in [-0.05, 0) is 30.5 Å². The lowest BCUT2D eigenvalue weighted by molar-refractivity contribution is 0.0949. The molecule has 0 bridgehead atoms. The van der Waals surface area contributed by atoms with Crippen LogP contribution in [0.4, 0.5) is 0 Å². The second kappa shape index (κ2) is 7.75. The number of nitrogens with two attached hydrogens (primary N) is 1. The van der Waals surface area contributed by atoms with Gasteiger partial charge in [0.1, 0.15) is 16.5 Å². The van der Waals surface area contributed by atoms with Crippen molar-refractivity contribution in [3.05, 3.63) is 45.9 Å². The van der Waals surface area contributed by atoms with Crippen molar-refractivity contribution in [1.82, 2.24) is 10.3 Å². The van der Waals surface area contributed by atoms with Gasteiger partial charge in [-0.25, -0.2) is 4.98 Å². The maximum Gasteiger partial charge on any atom is 0.270 e. The molecule has 1 aromatic heterocycles. The molecule has 5 nitrogen and oxygen atoms in total. The fourth-order valence-corrected chi connectivity index (χ4v) is 2.58. The van der Waals surface area contributed by atoms with Crippen molar-refractivity contribution in [3.8, 4) is 5.75 Å². The SMILES string of the molecule is COc1cccc(CCCNC(=O)c2csc(CN)n2)c1. The lowest BCUT2D eigenvalue weighted by Crippen LogP contribution is -2.25. The summed E-state index contributed by atoms with van der Waals surface area (Å²) in [6.45, 7) is 0.985. The standard InChI is InChI=1S/C15H19N3O2S/c1-20-12-6-2-4-11(8-12)5-3-7-17-15(19)13-10-21-14(9-16)18-13/h2,4,6,8,10H,3,5,7,9,16H2,1H3,(H,17,19). The number of carbonyl (C=O) groups excluding carboxylic acids is 1. The van der Waals surface area contributed by atoms with Crippen LogP contribution in [0.5, 0.6) is 5.75 Å². The third-order valence-corrected chi connectivity index (χ3v) is 3.89. The van der Waals surface area contributed by atoms with Crippen LogP contribution in [0, 0.1) is 0 Å². The van der Waals surface area contributed by atoms with Gasteiger partial charge < -0.3 is 15.8 Å². The Morgan fingerprint density at radius 1 is 1.48 bits per heavy atom. The van der Waals surface area contributed by atoms with E-state index < -0.39 is 0 Å². The Hall–Kier alpha value is -1.92. The first-order chi connectivity index (χ1) is 10.2. The van der Waals surface area contributed by atoms with Crippen LogP contribution in [0.2, 0.25) is 0 Å². The van der Waals surface area contributed by atoms with Crippen LogP contribution in [0.3, 0.4) is 0 Å². The van der Waals surface area contributed by atoms with Gasteiger partial charge in [-0.2, -0.15) is 0 Å². The Bertz CT molecular complexity index is 598. The molecule has 3 N–H and O–H groups in total. The smallest absolute Gasteiger partial charge is 0.270 e. The number of carbonyl (C=O) groups is 1. The Morgan fingerprint density at radius 2 is 2.33 bits per heavy atom. The highest BCUT2D eigenvalue weighted by molar-refractivity contribution is 7.09. The molecule has 0 radical (unpaired) electrons. The number of aromatic nitrogens is 1. The number of hydrogen-bond donors (Lipinski definition) is 2. The predicted molar refractivity (Wildman–Crippen MR) is 83.7 cm³/mol. The van der Waals surface area contributed by atoms with Crippen LogP contribution < -0.4 is 15.8 Å². The zero-order valence-corrected chi connectivity index (χ0v) is 12.8. The molecule has 0 aliphatic heterocycles. The topological polar surface area (TPSA) is 77.2 Å². The number of amides is 1. The van der Waals surface area contributed by atoms with Crippen molar-refractivity contribution in [2.24, 2.45) is 5.73 Å². The summed E-state index contributed by atoms with van der Waals surface area (Å²) in [5.74, 6) is 0.713. The molecule has 2 rings (SSSR count). The van der Waals surface area contributed by atoms with Crippen LogP contribution in [0.15, 0.2) is 29.6 Å². The summed E-state index contributed by atoms with van der Waals surface area (Å²) in [6.07, 6.45) is 1.76. The first-order valence-electron chi connectivity index (χ1n) is 6.78. The summed E-state index contributed by atoms with van der Waals surface area (Å²) in [4.78, 5) is 16.0. The van der Waals surface area contributed by atoms with Gasteiger partial charge in [-0.1, -0.05) is 12.1 Å². The van der Waals surface area contributed by atoms with Crippen molar-refractivity contribution in [3.63, 3.8) is 0 Å². The number of nitrogens with one attached hydrogen (secondary N) is 1. The Kier molecular flexibility index (Phi) is 5.71. The number of ether oxygens (including phenoxy) is 1. The number of methoxy groups -OCH3 is 1. The van der Waals surface area contributed by atoms with Gasteiger partial charge in [0.05, 0.1) is 7.11 Å². The maximum atomic E-state index is 11.9. The molecule has 0 aliphatic rings. The zero-order chi connectivity index (χ0) is 15.1. The van der Waals surface area contributed by atoms with E-state index >= 15 is 0 Å². The molecule has 0 atom stereocenters. The van der Waals surface area contributed by atoms with Gasteiger partial charge in [0.2, 0.25) is 0 Å². The van der Waals surface area contributed by atoms with Gasteiger partial charge in [0, 0.05) is 18.5 Å². The molecule has 0 aliphatic carbocycles. The molecule has 0 spiro atoms. The average Bonchev–Trinajstić information content (AvgIpc) is 3.00. The summed E-state index contributed by atoms with van der Waals surface area (Å²) in [7, 11) is 1.66. The lowest BCUT2D eigenvalue weighted by atomic mass is 10.1. The number of hydrogen-bond acceptors (Lipinski definition) is 5. The second-order valence-electron chi connectivity index (χ2n) is 4.54. The Labute approximate surface area is 128 Å². The van der Waals surface area contributed by atoms with Crippen molar-refractivity contribution < 1.29 is 9.53 Å². The van der Waals surface area contributed by atoms with Crippen molar-refractivity contribution in [2.75, 3.05) is 13.7 Å². The molecule has 21 heavy (non-hydrogen) atoms. The zero-order valence-electron chi connectivity index (χ0n) is 12.0. The van der Waals surface area contributed by atoms with E-state index in [1.807, 2.05) is 18.2 Å². The first-order valence-corrected chi connectivity index (χ1v) is 7.66. The number of thiazole rings is 1. The summed E-state index contributed by atoms with van der Waals surface area (Å²) in [5, 5.41) is 5.38. The van der Waals surface area contributed by atoms with Crippen LogP contribution >= 0.6 is 11.3 Å². The van der Waals surface area contributed by atoms with Crippen LogP contribution in [0.25, 0.3) is 0 Å². The monoisotopic (exact) mass is 305 g/mol. The largest absolute Gasteiger partial charge is 0.497 e. The van der Waals surface area contributed by atoms with Gasteiger partial charge in [0.25, 0.3) is 5.91 Å². The van der Waals surface area contributed by atoms with E-state index in [0.29, 0.717) is 18.8 Å². The molecular weight excluding hydrogens is 286 g/mol. The fraction of sp³-hybridized carbons (Fsp3) is 0.333. The maximum absolute atomic E-state index is 11.9. The Balaban J connectivity index is 1.75. The summed E-state index contributed by atoms with van der Waals surface area (Å²) >= 11 is 1.41. The van der Waals surface area contributed by atoms with E-state index in [2.05, 4.69) is 16.4 Å². The van der Waals surface area contributed by atoms with E-state index in [1.165, 1.54) is 16.9 Å². The molecule has 0 saturated heterocycles. The van der Waals surface area contributed by atoms with Crippen LogP contribution in [-0.2, 0) is 13.0 Å². The molecule has 0 fully saturated rings. The highest BCUT2D eigenvalue weighted by atomic mass is 32.1. The van der Waals surface area contributed by atoms with Crippen molar-refractivity contribution in [1.29, 1.82) is 0 Å². The highest BCUT2D eigenvalue weighted by Crippen LogP contribution is 2.13. The van der Waals surface area contributed by atoms with Gasteiger partial charge in [0.15, 0.2) is 0 Å². The number of rotatable bonds is 7. The second-order valence-corrected chi connectivity index (χ2v) is 5.48. The summed E-state index contributed by atoms with van der Waals surface area (Å²) < 4.78 is 5.18. The molecule has 6 heteroatoms. The van der Waals surface area contributed by atoms with Crippen molar-refractivity contribution >= 4 is 17.2 Å². The molecule has 1 aromatic carbocycles. The summed E-state index contributed by atoms with van der Waals surface area (Å²) in [5.41, 5.74) is 7.12. The van der Waals surface area contributed by atoms with Crippen molar-refractivity contribution in [2.45, 2.75) is 19.4 Å². The van der Waals surface area contributed by atoms with Gasteiger partial charge in [-0.15, -0.1) is 11.3 Å². The molecule has 0 unspecified atom stereocenters. The molecule has 1 amide bonds. The predicted octanol–water partition coefficient (Wildman–Crippen LogP) is 1.97. The van der Waals surface area contributed by atoms with Crippen LogP contribution in [-0.4, -0.2) is 24.5 Å². The van der Waals surface area contributed by atoms with E-state index in [1.54, 1.807) is 12.5 Å². The molecule has 2 aromatic rings. The molecule has 0 saturated carbocycles. The number of aryl methyl sites for hydroxylation is 1. The lowest BCUT2D eigenvalue weighted by Gasteiger charge is -2.05. The van der Waals surface area contributed by atoms with E-state index in [0.717, 1.165) is 23.6 Å². The van der Waals surface area contributed by atoms with E-state index in [4.69, 9.17) is 10.5 Å². The van der Waals surface area contributed by atoms with Crippen LogP contribution in [0.1, 0.15) is 27.5 Å². The molecule has 1 heterocycles. The third-order valence-electron chi connectivity index (χ3n) is 3.02. The Morgan fingerprint density at radius 3 is 3.05 bits per heavy atom. The quantitative estimate of drug-likeness (QED) is 0.767. The van der Waals surface area contributed by atoms with Gasteiger partial charge in [-0.3, -0.25) is 4.79 Å². The van der Waals surface area contributed by atoms with E-state index in [9.17, 15) is 4.79 Å². The fourth-order valence-electron chi connectivity index (χ4n) is 1.92. The van der Waals surface area contributed by atoms with E-state index in [-0.39, 0.29) is 5.91 Å². The van der Waals surface area contributed by atoms with Gasteiger partial charge >= 0.3 is 0 Å². The number of nitrogens with zero attached hydrogens (tertiary/aromatic N) is 1. The molecular formula is C15H19N3O2S. The summed E-state index contributed by atoms with van der Waals surface area (Å²) in [6, 6.07) is 7.95. The third kappa shape index (κ3) is 4.54. The number of benzene rings is 1. The first kappa shape index (κ1) is 15.5. The normalized spacial score (nSPS) is 10.4. The molecule has 112 valence electrons. The minimum Gasteiger partial charge on any atom is -0.497 e. The minimum atomic E-state index is -0.142. The highest BCUT2D eigenvalue weighted by Gasteiger charge is 2.09.